The second kappa shape index (κ2) is 7.27. The molecular weight excluding hydrogens is 350 g/mol. The summed E-state index contributed by atoms with van der Waals surface area (Å²) in [7, 11) is 1.64. The first kappa shape index (κ1) is 16.7. The predicted molar refractivity (Wildman–Crippen MR) is 99.0 cm³/mol. The molecule has 8 heteroatoms. The second-order valence-corrected chi connectivity index (χ2v) is 7.10. The number of aromatic nitrogens is 3. The monoisotopic (exact) mass is 369 g/mol. The van der Waals surface area contributed by atoms with Crippen molar-refractivity contribution in [3.05, 3.63) is 53.1 Å². The predicted octanol–water partition coefficient (Wildman–Crippen LogP) is 2.04. The number of carbonyl (C=O) groups is 1. The molecule has 3 N–H and O–H groups in total. The highest BCUT2D eigenvalue weighted by Crippen LogP contribution is 2.28. The van der Waals surface area contributed by atoms with E-state index in [4.69, 9.17) is 4.74 Å². The molecule has 0 unspecified atom stereocenters. The first-order valence-electron chi connectivity index (χ1n) is 8.37. The van der Waals surface area contributed by atoms with Gasteiger partial charge in [0.1, 0.15) is 16.8 Å². The Morgan fingerprint density at radius 2 is 2.35 bits per heavy atom. The molecule has 7 nitrogen and oxygen atoms in total. The van der Waals surface area contributed by atoms with Gasteiger partial charge in [-0.2, -0.15) is 0 Å². The Morgan fingerprint density at radius 3 is 3.23 bits per heavy atom. The summed E-state index contributed by atoms with van der Waals surface area (Å²) < 4.78 is 5.26. The van der Waals surface area contributed by atoms with Gasteiger partial charge in [0, 0.05) is 35.3 Å². The maximum Gasteiger partial charge on any atom is 0.243 e. The van der Waals surface area contributed by atoms with Gasteiger partial charge in [-0.25, -0.2) is 9.97 Å². The van der Waals surface area contributed by atoms with E-state index in [-0.39, 0.29) is 5.91 Å². The highest BCUT2D eigenvalue weighted by Gasteiger charge is 2.28. The van der Waals surface area contributed by atoms with Crippen LogP contribution >= 0.6 is 11.3 Å². The molecule has 0 saturated heterocycles. The maximum atomic E-state index is 12.5. The summed E-state index contributed by atoms with van der Waals surface area (Å²) in [6.45, 7) is 1.20. The fourth-order valence-corrected chi connectivity index (χ4v) is 3.84. The summed E-state index contributed by atoms with van der Waals surface area (Å²) in [5.41, 5.74) is 2.82. The van der Waals surface area contributed by atoms with Crippen LogP contribution in [-0.4, -0.2) is 34.5 Å². The van der Waals surface area contributed by atoms with Crippen LogP contribution in [0.5, 0.6) is 5.75 Å². The normalized spacial score (nSPS) is 16.1. The molecule has 2 aromatic heterocycles. The number of carbonyl (C=O) groups excluding carboxylic acids is 1. The van der Waals surface area contributed by atoms with E-state index >= 15 is 0 Å². The van der Waals surface area contributed by atoms with Crippen LogP contribution in [0.15, 0.2) is 36.8 Å². The van der Waals surface area contributed by atoms with Gasteiger partial charge in [0.05, 0.1) is 25.7 Å². The van der Waals surface area contributed by atoms with Crippen LogP contribution in [-0.2, 0) is 17.8 Å². The lowest BCUT2D eigenvalue weighted by Gasteiger charge is -2.21. The van der Waals surface area contributed by atoms with E-state index in [9.17, 15) is 4.79 Å². The number of aromatic amines is 1. The number of hydrogen-bond donors (Lipinski definition) is 3. The van der Waals surface area contributed by atoms with Gasteiger partial charge in [0.15, 0.2) is 0 Å². The largest absolute Gasteiger partial charge is 0.497 e. The van der Waals surface area contributed by atoms with Gasteiger partial charge in [-0.05, 0) is 12.1 Å². The molecule has 0 bridgehead atoms. The molecule has 0 spiro atoms. The van der Waals surface area contributed by atoms with Crippen LogP contribution in [0.25, 0.3) is 10.6 Å². The average Bonchev–Trinajstić information content (AvgIpc) is 3.35. The smallest absolute Gasteiger partial charge is 0.243 e. The lowest BCUT2D eigenvalue weighted by atomic mass is 10.1. The Balaban J connectivity index is 1.41. The third-order valence-corrected chi connectivity index (χ3v) is 5.36. The highest BCUT2D eigenvalue weighted by molar-refractivity contribution is 7.15. The summed E-state index contributed by atoms with van der Waals surface area (Å²) in [6.07, 6.45) is 4.30. The molecule has 1 atom stereocenters. The third kappa shape index (κ3) is 3.33. The van der Waals surface area contributed by atoms with Gasteiger partial charge in [0.2, 0.25) is 5.91 Å². The second-order valence-electron chi connectivity index (χ2n) is 5.98. The lowest BCUT2D eigenvalue weighted by Crippen LogP contribution is -2.41. The van der Waals surface area contributed by atoms with E-state index in [1.165, 1.54) is 0 Å². The number of H-pyrrole nitrogens is 1. The van der Waals surface area contributed by atoms with Gasteiger partial charge in [-0.3, -0.25) is 4.79 Å². The van der Waals surface area contributed by atoms with Gasteiger partial charge < -0.3 is 20.4 Å². The van der Waals surface area contributed by atoms with E-state index in [1.54, 1.807) is 31.0 Å². The van der Waals surface area contributed by atoms with Crippen LogP contribution in [0.3, 0.4) is 0 Å². The highest BCUT2D eigenvalue weighted by atomic mass is 32.1. The van der Waals surface area contributed by atoms with Crippen LogP contribution in [0, 0.1) is 0 Å². The Hall–Kier alpha value is -2.71. The minimum atomic E-state index is -0.407. The summed E-state index contributed by atoms with van der Waals surface area (Å²) in [5.74, 6) is 0.722. The third-order valence-electron chi connectivity index (χ3n) is 4.32. The number of rotatable bonds is 5. The number of amides is 1. The van der Waals surface area contributed by atoms with Crippen molar-refractivity contribution in [2.75, 3.05) is 13.7 Å². The van der Waals surface area contributed by atoms with E-state index in [0.29, 0.717) is 6.54 Å². The lowest BCUT2D eigenvalue weighted by molar-refractivity contribution is -0.123. The molecule has 1 aliphatic rings. The molecule has 134 valence electrons. The number of nitrogens with zero attached hydrogens (tertiary/aromatic N) is 2. The number of nitrogens with one attached hydrogen (secondary N) is 3. The van der Waals surface area contributed by atoms with Crippen molar-refractivity contribution >= 4 is 17.2 Å². The van der Waals surface area contributed by atoms with Crippen molar-refractivity contribution < 1.29 is 9.53 Å². The van der Waals surface area contributed by atoms with Gasteiger partial charge in [-0.1, -0.05) is 12.1 Å². The Bertz CT molecular complexity index is 920. The SMILES string of the molecule is COc1cccc(-c2ncc(CNC(=O)[C@H]3NCCc4[nH]cnc43)s2)c1. The quantitative estimate of drug-likeness (QED) is 0.640. The van der Waals surface area contributed by atoms with Crippen LogP contribution < -0.4 is 15.4 Å². The Morgan fingerprint density at radius 1 is 1.42 bits per heavy atom. The molecule has 0 fully saturated rings. The van der Waals surface area contributed by atoms with Crippen LogP contribution in [0.2, 0.25) is 0 Å². The maximum absolute atomic E-state index is 12.5. The van der Waals surface area contributed by atoms with E-state index in [2.05, 4.69) is 25.6 Å². The molecule has 1 amide bonds. The zero-order valence-corrected chi connectivity index (χ0v) is 15.1. The number of hydrogen-bond acceptors (Lipinski definition) is 6. The number of fused-ring (bicyclic) bond motifs is 1. The van der Waals surface area contributed by atoms with Gasteiger partial charge in [0.25, 0.3) is 0 Å². The molecular formula is C18H19N5O2S. The molecule has 4 rings (SSSR count). The van der Waals surface area contributed by atoms with Gasteiger partial charge in [-0.15, -0.1) is 11.3 Å². The molecule has 3 heterocycles. The molecule has 0 saturated carbocycles. The van der Waals surface area contributed by atoms with Crippen molar-refractivity contribution in [1.82, 2.24) is 25.6 Å². The summed E-state index contributed by atoms with van der Waals surface area (Å²) in [4.78, 5) is 25.4. The first-order valence-corrected chi connectivity index (χ1v) is 9.18. The molecule has 26 heavy (non-hydrogen) atoms. The fraction of sp³-hybridized carbons (Fsp3) is 0.278. The Kier molecular flexibility index (Phi) is 4.68. The summed E-state index contributed by atoms with van der Waals surface area (Å²) in [6, 6.07) is 7.38. The number of ether oxygens (including phenoxy) is 1. The van der Waals surface area contributed by atoms with Crippen molar-refractivity contribution in [3.63, 3.8) is 0 Å². The van der Waals surface area contributed by atoms with Crippen molar-refractivity contribution in [3.8, 4) is 16.3 Å². The summed E-state index contributed by atoms with van der Waals surface area (Å²) in [5, 5.41) is 7.10. The number of thiazole rings is 1. The number of imidazole rings is 1. The first-order chi connectivity index (χ1) is 12.7. The Labute approximate surface area is 154 Å². The standard InChI is InChI=1S/C18H19N5O2S/c1-25-12-4-2-3-11(7-12)18-21-9-13(26-18)8-20-17(24)16-15-14(5-6-19-16)22-10-23-15/h2-4,7,9-10,16,19H,5-6,8H2,1H3,(H,20,24)(H,22,23)/t16-/m0/s1. The fourth-order valence-electron chi connectivity index (χ4n) is 2.99. The zero-order chi connectivity index (χ0) is 17.9. The van der Waals surface area contributed by atoms with Crippen molar-refractivity contribution in [2.24, 2.45) is 0 Å². The van der Waals surface area contributed by atoms with Crippen molar-refractivity contribution in [1.29, 1.82) is 0 Å². The molecule has 1 aliphatic heterocycles. The molecule has 1 aromatic carbocycles. The molecule has 0 radical (unpaired) electrons. The molecule has 3 aromatic rings. The van der Waals surface area contributed by atoms with Crippen molar-refractivity contribution in [2.45, 2.75) is 19.0 Å². The molecule has 0 aliphatic carbocycles. The zero-order valence-electron chi connectivity index (χ0n) is 14.3. The number of methoxy groups -OCH3 is 1. The summed E-state index contributed by atoms with van der Waals surface area (Å²) >= 11 is 1.56. The van der Waals surface area contributed by atoms with Crippen LogP contribution in [0.1, 0.15) is 22.3 Å². The minimum Gasteiger partial charge on any atom is -0.497 e. The minimum absolute atomic E-state index is 0.0746. The van der Waals surface area contributed by atoms with Crippen LogP contribution in [0.4, 0.5) is 0 Å². The van der Waals surface area contributed by atoms with E-state index in [1.807, 2.05) is 24.3 Å². The van der Waals surface area contributed by atoms with E-state index in [0.717, 1.165) is 45.6 Å². The topological polar surface area (TPSA) is 91.9 Å². The van der Waals surface area contributed by atoms with E-state index < -0.39 is 6.04 Å². The average molecular weight is 369 g/mol. The number of benzene rings is 1. The van der Waals surface area contributed by atoms with Gasteiger partial charge >= 0.3 is 0 Å².